The number of unbranched alkanes of at least 4 members (excludes halogenated alkanes) is 1. The molecule has 14 unspecified atom stereocenters. The van der Waals surface area contributed by atoms with Crippen molar-refractivity contribution in [3.05, 3.63) is 372 Å². The van der Waals surface area contributed by atoms with Gasteiger partial charge < -0.3 is 85.3 Å². The summed E-state index contributed by atoms with van der Waals surface area (Å²) in [7, 11) is 0. The maximum atomic E-state index is 14.8. The molecule has 4 fully saturated rings. The first-order valence-corrected chi connectivity index (χ1v) is 39.8. The lowest BCUT2D eigenvalue weighted by Crippen LogP contribution is -2.62. The number of hydrogen-bond donors (Lipinski definition) is 0. The van der Waals surface area contributed by atoms with Gasteiger partial charge in [-0.05, 0) is 94.8 Å². The number of rotatable bonds is 41. The average Bonchev–Trinajstić information content (AvgIpc) is 1.35. The van der Waals surface area contributed by atoms with Crippen molar-refractivity contribution in [2.75, 3.05) is 33.0 Å². The molecule has 10 aromatic rings. The number of allylic oxidation sites excluding steroid dienone is 1. The molecule has 612 valence electrons. The van der Waals surface area contributed by atoms with Crippen LogP contribution in [0.3, 0.4) is 0 Å². The largest absolute Gasteiger partial charge is 0.450 e. The number of esters is 4. The van der Waals surface area contributed by atoms with Crippen molar-refractivity contribution in [1.29, 1.82) is 0 Å². The van der Waals surface area contributed by atoms with Crippen molar-refractivity contribution in [3.8, 4) is 0 Å². The molecule has 0 bridgehead atoms. The maximum absolute atomic E-state index is 14.8. The van der Waals surface area contributed by atoms with Crippen LogP contribution in [0, 0.1) is 0 Å². The molecule has 4 heterocycles. The Labute approximate surface area is 686 Å². The topological polar surface area (TPSA) is 234 Å². The molecule has 10 aromatic carbocycles. The predicted molar refractivity (Wildman–Crippen MR) is 432 cm³/mol. The molecule has 118 heavy (non-hydrogen) atoms. The normalized spacial score (nSPS) is 24.7. The van der Waals surface area contributed by atoms with Gasteiger partial charge in [0.05, 0.1) is 94.9 Å². The van der Waals surface area contributed by atoms with Gasteiger partial charge in [0.15, 0.2) is 49.6 Å². The van der Waals surface area contributed by atoms with Crippen LogP contribution >= 0.6 is 0 Å². The van der Waals surface area contributed by atoms with E-state index < -0.39 is 135 Å². The minimum Gasteiger partial charge on any atom is -0.450 e. The highest BCUT2D eigenvalue weighted by molar-refractivity contribution is 5.91. The second kappa shape index (κ2) is 43.6. The van der Waals surface area contributed by atoms with E-state index in [1.54, 1.807) is 127 Å². The molecule has 0 spiro atoms. The van der Waals surface area contributed by atoms with Crippen LogP contribution in [0.15, 0.2) is 316 Å². The van der Waals surface area contributed by atoms with E-state index in [-0.39, 0.29) is 82.8 Å². The quantitative estimate of drug-likeness (QED) is 0.0150. The van der Waals surface area contributed by atoms with Gasteiger partial charge >= 0.3 is 23.9 Å². The molecule has 4 saturated heterocycles. The summed E-state index contributed by atoms with van der Waals surface area (Å²) in [6, 6.07) is 91.4. The van der Waals surface area contributed by atoms with Crippen LogP contribution < -0.4 is 0 Å². The van der Waals surface area contributed by atoms with Crippen LogP contribution in [-0.2, 0) is 125 Å². The standard InChI is InChI=1S/C96H96O22/c1-2-3-34-55-102-93-85(115-89(97)72-47-26-10-27-48-72)81(104-58-68-39-18-6-19-40-68)77(112-93)63-108-94-86(116-90(98)73-49-28-11-29-50-73)82(105-59-69-41-20-7-21-42-69)78(113-94)64-109-95-87(117-91(99)74-51-30-12-31-52-74)83(106-60-70-43-22-8-23-44-70)79(114-95)65-110-96-88(118-92(100)75-53-32-13-33-54-75)84(107-61-71-45-24-9-25-46-71)80(103-57-67-37-16-5-17-38-67)76(111-96)62-101-56-66-35-14-4-15-36-66/h2,4-33,35-54,76-88,93-96H,1,3,34,55-65H2/t76?,77?,78?,79?,80-,81?,82?,83?,84-,85?,86?,87?,88?,93?,94?,95?,96+/m1/s1. The van der Waals surface area contributed by atoms with Crippen LogP contribution in [0.4, 0.5) is 0 Å². The van der Waals surface area contributed by atoms with Gasteiger partial charge in [-0.3, -0.25) is 0 Å². The van der Waals surface area contributed by atoms with Crippen LogP contribution in [0.2, 0.25) is 0 Å². The third-order valence-electron chi connectivity index (χ3n) is 20.3. The molecular formula is C96H96O22. The number of carbonyl (C=O) groups excluding carboxylic acids is 4. The van der Waals surface area contributed by atoms with Crippen molar-refractivity contribution < 1.29 is 104 Å². The fourth-order valence-electron chi connectivity index (χ4n) is 14.3. The Morgan fingerprint density at radius 3 is 0.746 bits per heavy atom. The zero-order valence-corrected chi connectivity index (χ0v) is 65.1. The highest BCUT2D eigenvalue weighted by atomic mass is 16.8. The summed E-state index contributed by atoms with van der Waals surface area (Å²) in [5.74, 6) is -2.78. The molecule has 0 saturated carbocycles. The molecule has 14 rings (SSSR count). The van der Waals surface area contributed by atoms with Gasteiger partial charge in [-0.1, -0.05) is 261 Å². The van der Waals surface area contributed by atoms with Crippen LogP contribution in [-0.4, -0.2) is 161 Å². The molecule has 17 atom stereocenters. The van der Waals surface area contributed by atoms with Gasteiger partial charge in [0.2, 0.25) is 0 Å². The molecule has 0 N–H and O–H groups in total. The monoisotopic (exact) mass is 1600 g/mol. The van der Waals surface area contributed by atoms with Gasteiger partial charge in [0.1, 0.15) is 54.9 Å². The fraction of sp³-hybridized carbons (Fsp3) is 0.312. The van der Waals surface area contributed by atoms with Crippen LogP contribution in [0.5, 0.6) is 0 Å². The SMILES string of the molecule is C=CCCCOC1OC(COC2OC(COC3OC(CO[C@H]4OC(COCc5ccccc5)[C@@H](OCc5ccccc5)[C@@H](OCc5ccccc5)C4OC(=O)c4ccccc4)C(OCc4ccccc4)C3OC(=O)c3ccccc3)C(OCc3ccccc3)C2OC(=O)c2ccccc2)C(OCc2ccccc2)C1OC(=O)c1ccccc1. The number of carbonyl (C=O) groups is 4. The van der Waals surface area contributed by atoms with Gasteiger partial charge in [0.25, 0.3) is 0 Å². The van der Waals surface area contributed by atoms with E-state index in [1.165, 1.54) is 0 Å². The summed E-state index contributed by atoms with van der Waals surface area (Å²) in [5.41, 5.74) is 5.97. The number of hydrogen-bond acceptors (Lipinski definition) is 22. The Morgan fingerprint density at radius 2 is 0.475 bits per heavy atom. The van der Waals surface area contributed by atoms with E-state index in [2.05, 4.69) is 6.58 Å². The molecule has 0 amide bonds. The van der Waals surface area contributed by atoms with Crippen LogP contribution in [0.25, 0.3) is 0 Å². The van der Waals surface area contributed by atoms with Crippen molar-refractivity contribution >= 4 is 23.9 Å². The molecule has 0 aromatic heterocycles. The van der Waals surface area contributed by atoms with E-state index in [0.717, 1.165) is 33.4 Å². The smallest absolute Gasteiger partial charge is 0.338 e. The summed E-state index contributed by atoms with van der Waals surface area (Å²) in [4.78, 5) is 58.4. The number of benzene rings is 10. The van der Waals surface area contributed by atoms with Crippen molar-refractivity contribution in [3.63, 3.8) is 0 Å². The van der Waals surface area contributed by atoms with Crippen molar-refractivity contribution in [1.82, 2.24) is 0 Å². The Morgan fingerprint density at radius 1 is 0.254 bits per heavy atom. The first-order valence-electron chi connectivity index (χ1n) is 39.8. The lowest BCUT2D eigenvalue weighted by Gasteiger charge is -2.45. The second-order valence-corrected chi connectivity index (χ2v) is 28.7. The summed E-state index contributed by atoms with van der Waals surface area (Å²) >= 11 is 0. The summed E-state index contributed by atoms with van der Waals surface area (Å²) < 4.78 is 123. The van der Waals surface area contributed by atoms with Crippen LogP contribution in [0.1, 0.15) is 87.7 Å². The van der Waals surface area contributed by atoms with Gasteiger partial charge in [0, 0.05) is 0 Å². The summed E-state index contributed by atoms with van der Waals surface area (Å²) in [6.07, 6.45) is -17.4. The second-order valence-electron chi connectivity index (χ2n) is 28.7. The highest BCUT2D eigenvalue weighted by Gasteiger charge is 2.56. The Kier molecular flexibility index (Phi) is 31.0. The third kappa shape index (κ3) is 23.4. The molecule has 22 heteroatoms. The summed E-state index contributed by atoms with van der Waals surface area (Å²) in [6.45, 7) is 3.41. The highest BCUT2D eigenvalue weighted by Crippen LogP contribution is 2.39. The van der Waals surface area contributed by atoms with Crippen molar-refractivity contribution in [2.45, 2.75) is 157 Å². The van der Waals surface area contributed by atoms with E-state index in [0.29, 0.717) is 18.4 Å². The van der Waals surface area contributed by atoms with Gasteiger partial charge in [-0.2, -0.15) is 0 Å². The lowest BCUT2D eigenvalue weighted by molar-refractivity contribution is -0.322. The zero-order valence-electron chi connectivity index (χ0n) is 65.1. The number of ether oxygens (including phenoxy) is 18. The minimum absolute atomic E-state index is 0.00699. The Bertz CT molecular complexity index is 4650. The fourth-order valence-corrected chi connectivity index (χ4v) is 14.3. The molecule has 22 nitrogen and oxygen atoms in total. The maximum Gasteiger partial charge on any atom is 0.338 e. The predicted octanol–water partition coefficient (Wildman–Crippen LogP) is 15.0. The third-order valence-corrected chi connectivity index (χ3v) is 20.3. The molecule has 0 aliphatic carbocycles. The Balaban J connectivity index is 0.801. The van der Waals surface area contributed by atoms with E-state index in [1.807, 2.05) is 182 Å². The molecule has 0 radical (unpaired) electrons. The minimum atomic E-state index is -1.49. The first kappa shape index (κ1) is 83.7. The van der Waals surface area contributed by atoms with E-state index in [9.17, 15) is 19.2 Å². The average molecular weight is 1600 g/mol. The van der Waals surface area contributed by atoms with Crippen molar-refractivity contribution in [2.24, 2.45) is 0 Å². The van der Waals surface area contributed by atoms with E-state index >= 15 is 0 Å². The molecule has 4 aliphatic heterocycles. The Hall–Kier alpha value is -10.7. The molecular weight excluding hydrogens is 1510 g/mol. The zero-order chi connectivity index (χ0) is 80.9. The van der Waals surface area contributed by atoms with Gasteiger partial charge in [-0.25, -0.2) is 19.2 Å². The lowest BCUT2D eigenvalue weighted by atomic mass is 9.97. The first-order chi connectivity index (χ1) is 58.1. The van der Waals surface area contributed by atoms with E-state index in [4.69, 9.17) is 85.3 Å². The molecule has 4 aliphatic rings. The van der Waals surface area contributed by atoms with Gasteiger partial charge in [-0.15, -0.1) is 6.58 Å². The summed E-state index contributed by atoms with van der Waals surface area (Å²) in [5, 5.41) is 0.